The van der Waals surface area contributed by atoms with Gasteiger partial charge in [0.05, 0.1) is 79.1 Å². The minimum atomic E-state index is 0.0551. The van der Waals surface area contributed by atoms with Crippen LogP contribution in [0, 0.1) is 6.92 Å². The number of piperidine rings is 1. The number of Topliss-reactive ketones (excluding diaryl/α,β-unsaturated/α-hetero) is 1. The molecule has 5 rings (SSSR count). The van der Waals surface area contributed by atoms with Crippen LogP contribution in [0.3, 0.4) is 0 Å². The molecule has 0 saturated carbocycles. The number of aryl methyl sites for hydroxylation is 1. The van der Waals surface area contributed by atoms with Gasteiger partial charge < -0.3 is 33.3 Å². The lowest BCUT2D eigenvalue weighted by atomic mass is 9.87. The molecule has 0 spiro atoms. The van der Waals surface area contributed by atoms with Gasteiger partial charge in [-0.2, -0.15) is 0 Å². The third kappa shape index (κ3) is 12.6. The highest BCUT2D eigenvalue weighted by atomic mass is 16.6. The van der Waals surface area contributed by atoms with E-state index in [0.717, 1.165) is 59.0 Å². The van der Waals surface area contributed by atoms with Gasteiger partial charge in [0.25, 0.3) is 0 Å². The lowest BCUT2D eigenvalue weighted by molar-refractivity contribution is -0.133. The van der Waals surface area contributed by atoms with E-state index >= 15 is 0 Å². The minimum Gasteiger partial charge on any atom is -0.382 e. The number of fused-ring (bicyclic) bond motifs is 1. The molecule has 4 aromatic rings. The third-order valence-electron chi connectivity index (χ3n) is 9.66. The summed E-state index contributed by atoms with van der Waals surface area (Å²) in [6.07, 6.45) is 2.24. The van der Waals surface area contributed by atoms with Gasteiger partial charge in [0.15, 0.2) is 5.78 Å². The van der Waals surface area contributed by atoms with E-state index in [9.17, 15) is 9.59 Å². The number of methoxy groups -OCH3 is 1. The molecule has 1 amide bonds. The Hall–Kier alpha value is -3.96. The Bertz CT molecular complexity index is 1710. The lowest BCUT2D eigenvalue weighted by Crippen LogP contribution is -2.38. The van der Waals surface area contributed by atoms with Crippen LogP contribution in [-0.2, 0) is 33.2 Å². The van der Waals surface area contributed by atoms with E-state index in [4.69, 9.17) is 28.4 Å². The zero-order valence-electron chi connectivity index (χ0n) is 31.6. The van der Waals surface area contributed by atoms with Crippen molar-refractivity contribution in [3.8, 4) is 22.3 Å². The van der Waals surface area contributed by atoms with Crippen molar-refractivity contribution in [2.45, 2.75) is 39.0 Å². The van der Waals surface area contributed by atoms with Crippen LogP contribution in [0.5, 0.6) is 0 Å². The van der Waals surface area contributed by atoms with Crippen molar-refractivity contribution < 1.29 is 38.0 Å². The maximum absolute atomic E-state index is 12.9. The van der Waals surface area contributed by atoms with Crippen LogP contribution in [0.4, 0.5) is 0 Å². The predicted octanol–water partition coefficient (Wildman–Crippen LogP) is 7.51. The Morgan fingerprint density at radius 2 is 1.15 bits per heavy atom. The second kappa shape index (κ2) is 21.7. The van der Waals surface area contributed by atoms with Crippen LogP contribution in [0.25, 0.3) is 33.0 Å². The van der Waals surface area contributed by atoms with Crippen molar-refractivity contribution in [2.24, 2.45) is 0 Å². The van der Waals surface area contributed by atoms with Crippen LogP contribution >= 0.6 is 0 Å². The quantitative estimate of drug-likeness (QED) is 0.0608. The third-order valence-corrected chi connectivity index (χ3v) is 9.66. The summed E-state index contributed by atoms with van der Waals surface area (Å²) >= 11 is 0. The molecule has 0 aromatic heterocycles. The van der Waals surface area contributed by atoms with E-state index in [1.54, 1.807) is 14.0 Å². The van der Waals surface area contributed by atoms with Gasteiger partial charge in [0, 0.05) is 25.8 Å². The van der Waals surface area contributed by atoms with Gasteiger partial charge in [-0.3, -0.25) is 9.59 Å². The molecule has 53 heavy (non-hydrogen) atoms. The number of rotatable bonds is 22. The maximum atomic E-state index is 12.9. The summed E-state index contributed by atoms with van der Waals surface area (Å²) in [6, 6.07) is 27.8. The summed E-state index contributed by atoms with van der Waals surface area (Å²) in [6.45, 7) is 10.8. The Labute approximate surface area is 314 Å². The number of carbonyl (C=O) groups excluding carboxylic acids is 2. The number of likely N-dealkylation sites (tertiary alicyclic amines) is 1. The summed E-state index contributed by atoms with van der Waals surface area (Å²) < 4.78 is 32.4. The molecule has 1 heterocycles. The molecule has 284 valence electrons. The van der Waals surface area contributed by atoms with Crippen LogP contribution < -0.4 is 0 Å². The number of amides is 1. The molecule has 0 bridgehead atoms. The fourth-order valence-electron chi connectivity index (χ4n) is 6.58. The SMILES string of the molecule is COCCOCCOCCOCCOCCOCCC(=O)N1CCC(c2ccc(-c3cc(C(C)=O)cc4cc(-c5ccc(C)cc5)ccc34)cc2)CC1. The van der Waals surface area contributed by atoms with Crippen molar-refractivity contribution in [3.63, 3.8) is 0 Å². The molecule has 9 nitrogen and oxygen atoms in total. The smallest absolute Gasteiger partial charge is 0.224 e. The van der Waals surface area contributed by atoms with E-state index in [1.807, 2.05) is 17.0 Å². The van der Waals surface area contributed by atoms with Gasteiger partial charge in [0.2, 0.25) is 5.91 Å². The largest absolute Gasteiger partial charge is 0.382 e. The van der Waals surface area contributed by atoms with Crippen molar-refractivity contribution in [2.75, 3.05) is 92.9 Å². The zero-order valence-corrected chi connectivity index (χ0v) is 31.6. The van der Waals surface area contributed by atoms with Crippen molar-refractivity contribution >= 4 is 22.5 Å². The average molecular weight is 726 g/mol. The molecule has 9 heteroatoms. The highest BCUT2D eigenvalue weighted by Gasteiger charge is 2.24. The minimum absolute atomic E-state index is 0.0551. The number of benzene rings is 4. The fraction of sp³-hybridized carbons (Fsp3) is 0.455. The van der Waals surface area contributed by atoms with Gasteiger partial charge in [0.1, 0.15) is 0 Å². The molecular weight excluding hydrogens is 670 g/mol. The van der Waals surface area contributed by atoms with E-state index in [2.05, 4.69) is 73.7 Å². The molecule has 0 unspecified atom stereocenters. The molecule has 0 atom stereocenters. The Morgan fingerprint density at radius 1 is 0.623 bits per heavy atom. The number of hydrogen-bond donors (Lipinski definition) is 0. The number of hydrogen-bond acceptors (Lipinski definition) is 8. The van der Waals surface area contributed by atoms with Gasteiger partial charge in [-0.25, -0.2) is 0 Å². The van der Waals surface area contributed by atoms with Gasteiger partial charge in [-0.1, -0.05) is 66.2 Å². The van der Waals surface area contributed by atoms with E-state index in [1.165, 1.54) is 11.1 Å². The first-order valence-electron chi connectivity index (χ1n) is 18.8. The van der Waals surface area contributed by atoms with E-state index in [0.29, 0.717) is 90.6 Å². The zero-order chi connectivity index (χ0) is 37.3. The molecule has 1 aliphatic heterocycles. The topological polar surface area (TPSA) is 92.8 Å². The second-order valence-electron chi connectivity index (χ2n) is 13.5. The van der Waals surface area contributed by atoms with Gasteiger partial charge in [-0.05, 0) is 89.4 Å². The fourth-order valence-corrected chi connectivity index (χ4v) is 6.58. The van der Waals surface area contributed by atoms with Crippen molar-refractivity contribution in [3.05, 3.63) is 95.6 Å². The summed E-state index contributed by atoms with van der Waals surface area (Å²) in [4.78, 5) is 27.4. The monoisotopic (exact) mass is 725 g/mol. The number of ketones is 1. The number of ether oxygens (including phenoxy) is 6. The first-order valence-corrected chi connectivity index (χ1v) is 18.8. The Morgan fingerprint density at radius 3 is 1.72 bits per heavy atom. The highest BCUT2D eigenvalue weighted by molar-refractivity contribution is 6.05. The first-order chi connectivity index (χ1) is 25.9. The van der Waals surface area contributed by atoms with E-state index in [-0.39, 0.29) is 11.7 Å². The van der Waals surface area contributed by atoms with Crippen LogP contribution in [-0.4, -0.2) is 109 Å². The molecular formula is C44H55NO8. The summed E-state index contributed by atoms with van der Waals surface area (Å²) in [5.74, 6) is 0.598. The van der Waals surface area contributed by atoms with Crippen LogP contribution in [0.15, 0.2) is 78.9 Å². The molecule has 0 radical (unpaired) electrons. The van der Waals surface area contributed by atoms with Crippen molar-refractivity contribution in [1.82, 2.24) is 4.90 Å². The molecule has 0 aliphatic carbocycles. The molecule has 1 fully saturated rings. The lowest BCUT2D eigenvalue weighted by Gasteiger charge is -2.32. The highest BCUT2D eigenvalue weighted by Crippen LogP contribution is 2.35. The number of nitrogens with zero attached hydrogens (tertiary/aromatic N) is 1. The summed E-state index contributed by atoms with van der Waals surface area (Å²) in [5, 5.41) is 2.18. The van der Waals surface area contributed by atoms with Crippen LogP contribution in [0.2, 0.25) is 0 Å². The molecule has 4 aromatic carbocycles. The standard InChI is InChI=1S/C44H55NO8/c1-33-4-6-36(7-5-33)39-12-13-42-41(30-39)31-40(34(2)46)32-43(42)38-10-8-35(9-11-38)37-14-17-45(18-15-37)44(47)16-19-49-22-23-51-26-27-53-29-28-52-25-24-50-21-20-48-3/h4-13,30-32,37H,14-29H2,1-3H3. The number of carbonyl (C=O) groups is 2. The van der Waals surface area contributed by atoms with Crippen LogP contribution in [0.1, 0.15) is 53.6 Å². The van der Waals surface area contributed by atoms with Gasteiger partial charge >= 0.3 is 0 Å². The van der Waals surface area contributed by atoms with Crippen molar-refractivity contribution in [1.29, 1.82) is 0 Å². The Kier molecular flexibility index (Phi) is 16.4. The molecule has 0 N–H and O–H groups in total. The second-order valence-corrected chi connectivity index (χ2v) is 13.5. The average Bonchev–Trinajstić information content (AvgIpc) is 3.18. The summed E-state index contributed by atoms with van der Waals surface area (Å²) in [5.41, 5.74) is 7.67. The molecule has 1 aliphatic rings. The first kappa shape index (κ1) is 40.2. The van der Waals surface area contributed by atoms with E-state index < -0.39 is 0 Å². The summed E-state index contributed by atoms with van der Waals surface area (Å²) in [7, 11) is 1.65. The predicted molar refractivity (Wildman–Crippen MR) is 209 cm³/mol. The maximum Gasteiger partial charge on any atom is 0.224 e. The Balaban J connectivity index is 0.997. The normalized spacial score (nSPS) is 13.5. The molecule has 1 saturated heterocycles. The van der Waals surface area contributed by atoms with Gasteiger partial charge in [-0.15, -0.1) is 0 Å².